The summed E-state index contributed by atoms with van der Waals surface area (Å²) in [5.74, 6) is 0. The molecular formula is C21H44N3O9P3. The predicted molar refractivity (Wildman–Crippen MR) is 139 cm³/mol. The second kappa shape index (κ2) is 13.1. The van der Waals surface area contributed by atoms with Gasteiger partial charge < -0.3 is 33.1 Å². The molecule has 0 aromatic carbocycles. The molecule has 3 heterocycles. The molecule has 3 rings (SSSR count). The molecule has 2 unspecified atom stereocenters. The molecule has 0 amide bonds. The topological polar surface area (TPSA) is 125 Å². The molecule has 0 aromatic rings. The lowest BCUT2D eigenvalue weighted by Gasteiger charge is -2.41. The second-order valence-electron chi connectivity index (χ2n) is 10.2. The highest BCUT2D eigenvalue weighted by Gasteiger charge is 2.39. The van der Waals surface area contributed by atoms with Gasteiger partial charge in [-0.2, -0.15) is 0 Å². The van der Waals surface area contributed by atoms with Crippen LogP contribution in [0.25, 0.3) is 0 Å². The van der Waals surface area contributed by atoms with Gasteiger partial charge in [-0.1, -0.05) is 0 Å². The molecule has 8 atom stereocenters. The molecular weight excluding hydrogens is 531 g/mol. The Labute approximate surface area is 216 Å². The molecule has 1 N–H and O–H groups in total. The monoisotopic (exact) mass is 577 g/mol. The fourth-order valence-corrected chi connectivity index (χ4v) is 8.07. The minimum absolute atomic E-state index is 0.0663. The van der Waals surface area contributed by atoms with Gasteiger partial charge in [-0.25, -0.2) is 9.34 Å². The van der Waals surface area contributed by atoms with E-state index in [1.165, 1.54) is 0 Å². The van der Waals surface area contributed by atoms with Gasteiger partial charge in [0.05, 0.1) is 58.3 Å². The van der Waals surface area contributed by atoms with Crippen molar-refractivity contribution in [3.8, 4) is 0 Å². The van der Waals surface area contributed by atoms with Crippen LogP contribution in [0.3, 0.4) is 0 Å². The Hall–Kier alpha value is 0.330. The van der Waals surface area contributed by atoms with Crippen LogP contribution in [0.4, 0.5) is 0 Å². The van der Waals surface area contributed by atoms with Gasteiger partial charge in [0.25, 0.3) is 15.0 Å². The molecule has 0 saturated carbocycles. The van der Waals surface area contributed by atoms with Crippen molar-refractivity contribution in [3.63, 3.8) is 0 Å². The Balaban J connectivity index is 1.53. The lowest BCUT2D eigenvalue weighted by atomic mass is 10.2. The van der Waals surface area contributed by atoms with Crippen molar-refractivity contribution >= 4 is 22.4 Å². The number of hydrogen-bond donors (Lipinski definition) is 1. The molecule has 3 fully saturated rings. The highest BCUT2D eigenvalue weighted by Crippen LogP contribution is 2.51. The Morgan fingerprint density at radius 2 is 1.28 bits per heavy atom. The molecule has 3 aliphatic heterocycles. The molecule has 212 valence electrons. The van der Waals surface area contributed by atoms with Crippen LogP contribution in [-0.2, 0) is 41.5 Å². The first-order valence-electron chi connectivity index (χ1n) is 12.9. The Morgan fingerprint density at radius 1 is 0.806 bits per heavy atom. The third-order valence-corrected chi connectivity index (χ3v) is 10.8. The third kappa shape index (κ3) is 9.82. The van der Waals surface area contributed by atoms with Gasteiger partial charge in [-0.05, 0) is 13.8 Å². The SMILES string of the molecule is [3H][C@H]1CNC[C@@H](COP(C)(=O)N2C[C@@H](COP(C)(=O)N3C[C@@H](COP(C)(C)=O)O[C@@H](C)C3)O[C@@H](C)C2)O1. The fraction of sp³-hybridized carbons (Fsp3) is 1.00. The maximum atomic E-state index is 13.5. The van der Waals surface area contributed by atoms with Crippen LogP contribution in [-0.4, -0.2) is 132 Å². The first-order chi connectivity index (χ1) is 17.1. The van der Waals surface area contributed by atoms with Crippen molar-refractivity contribution < 1.29 is 42.8 Å². The van der Waals surface area contributed by atoms with E-state index >= 15 is 0 Å². The highest BCUT2D eigenvalue weighted by molar-refractivity contribution is 7.57. The van der Waals surface area contributed by atoms with E-state index in [9.17, 15) is 13.7 Å². The number of hydrogen-bond acceptors (Lipinski definition) is 10. The van der Waals surface area contributed by atoms with E-state index in [1.54, 1.807) is 36.0 Å². The first kappa shape index (κ1) is 29.3. The number of nitrogens with one attached hydrogen (secondary N) is 1. The molecule has 0 spiro atoms. The van der Waals surface area contributed by atoms with Crippen LogP contribution < -0.4 is 5.32 Å². The summed E-state index contributed by atoms with van der Waals surface area (Å²) in [5.41, 5.74) is 0. The van der Waals surface area contributed by atoms with E-state index in [1.807, 2.05) is 13.8 Å². The number of nitrogens with zero attached hydrogens (tertiary/aromatic N) is 2. The summed E-state index contributed by atoms with van der Waals surface area (Å²) < 4.78 is 84.7. The summed E-state index contributed by atoms with van der Waals surface area (Å²) in [6.07, 6.45) is -1.55. The van der Waals surface area contributed by atoms with Gasteiger partial charge in [0.15, 0.2) is 7.37 Å². The lowest BCUT2D eigenvalue weighted by Crippen LogP contribution is -2.48. The van der Waals surface area contributed by atoms with E-state index in [4.69, 9.17) is 29.2 Å². The standard InChI is InChI=1S/C21H44N3O9P3/c1-17-10-23(12-20(32-17)15-29-34(3,4)25)36(6,27)31-16-21-13-24(11-18(2)33-21)35(5,26)30-14-19-9-22-7-8-28-19/h17-22H,7-16H2,1-6H3/t17-,18-,19-,20-,21-,35?,36?/m0/s1/i8T/t8-,17-,18-,19-,20-,21-,35?,36?. The molecule has 0 aliphatic carbocycles. The average Bonchev–Trinajstić information content (AvgIpc) is 2.79. The molecule has 3 saturated heterocycles. The molecule has 0 radical (unpaired) electrons. The van der Waals surface area contributed by atoms with Crippen molar-refractivity contribution in [3.05, 3.63) is 0 Å². The van der Waals surface area contributed by atoms with E-state index in [2.05, 4.69) is 5.32 Å². The zero-order valence-corrected chi connectivity index (χ0v) is 24.9. The molecule has 0 aromatic heterocycles. The lowest BCUT2D eigenvalue weighted by molar-refractivity contribution is -0.0834. The average molecular weight is 578 g/mol. The summed E-state index contributed by atoms with van der Waals surface area (Å²) in [7, 11) is -9.02. The number of morpholine rings is 3. The van der Waals surface area contributed by atoms with Crippen LogP contribution in [0.15, 0.2) is 0 Å². The zero-order chi connectivity index (χ0) is 27.4. The van der Waals surface area contributed by atoms with Crippen LogP contribution in [0.5, 0.6) is 0 Å². The van der Waals surface area contributed by atoms with Crippen molar-refractivity contribution in [2.24, 2.45) is 0 Å². The first-order valence-corrected chi connectivity index (χ1v) is 18.9. The van der Waals surface area contributed by atoms with E-state index < -0.39 is 35.1 Å². The normalized spacial score (nSPS) is 37.1. The molecule has 3 aliphatic rings. The van der Waals surface area contributed by atoms with Crippen molar-refractivity contribution in [2.75, 3.05) is 92.3 Å². The quantitative estimate of drug-likeness (QED) is 0.363. The van der Waals surface area contributed by atoms with Gasteiger partial charge in [0.1, 0.15) is 0 Å². The van der Waals surface area contributed by atoms with Gasteiger partial charge in [-0.3, -0.25) is 13.7 Å². The van der Waals surface area contributed by atoms with E-state index in [0.29, 0.717) is 39.3 Å². The smallest absolute Gasteiger partial charge is 0.269 e. The predicted octanol–water partition coefficient (Wildman–Crippen LogP) is 2.39. The van der Waals surface area contributed by atoms with Crippen molar-refractivity contribution in [2.45, 2.75) is 44.4 Å². The van der Waals surface area contributed by atoms with E-state index in [0.717, 1.165) is 0 Å². The molecule has 0 bridgehead atoms. The summed E-state index contributed by atoms with van der Waals surface area (Å²) in [6.45, 7) is 12.2. The maximum Gasteiger partial charge on any atom is 0.269 e. The van der Waals surface area contributed by atoms with Gasteiger partial charge in [0, 0.05) is 65.9 Å². The van der Waals surface area contributed by atoms with Gasteiger partial charge >= 0.3 is 0 Å². The van der Waals surface area contributed by atoms with Crippen LogP contribution >= 0.6 is 22.4 Å². The van der Waals surface area contributed by atoms with Crippen LogP contribution in [0, 0.1) is 0 Å². The summed E-state index contributed by atoms with van der Waals surface area (Å²) in [5, 5.41) is 3.10. The molecule has 36 heavy (non-hydrogen) atoms. The van der Waals surface area contributed by atoms with Crippen LogP contribution in [0.2, 0.25) is 0 Å². The molecule has 12 nitrogen and oxygen atoms in total. The summed E-state index contributed by atoms with van der Waals surface area (Å²) in [4.78, 5) is 0. The number of ether oxygens (including phenoxy) is 3. The fourth-order valence-electron chi connectivity index (χ4n) is 4.32. The second-order valence-corrected chi connectivity index (χ2v) is 17.8. The minimum atomic E-state index is -3.20. The highest BCUT2D eigenvalue weighted by atomic mass is 31.2. The Morgan fingerprint density at radius 3 is 1.75 bits per heavy atom. The van der Waals surface area contributed by atoms with Crippen molar-refractivity contribution in [1.82, 2.24) is 14.7 Å². The summed E-state index contributed by atoms with van der Waals surface area (Å²) >= 11 is 0. The zero-order valence-electron chi connectivity index (χ0n) is 23.2. The summed E-state index contributed by atoms with van der Waals surface area (Å²) in [6, 6.07) is 0. The maximum absolute atomic E-state index is 13.5. The largest absolute Gasteiger partial charge is 0.373 e. The third-order valence-electron chi connectivity index (χ3n) is 6.10. The molecule has 15 heteroatoms. The van der Waals surface area contributed by atoms with Gasteiger partial charge in [0.2, 0.25) is 0 Å². The number of rotatable bonds is 11. The van der Waals surface area contributed by atoms with Crippen LogP contribution in [0.1, 0.15) is 15.2 Å². The van der Waals surface area contributed by atoms with Crippen molar-refractivity contribution in [1.29, 1.82) is 0 Å². The van der Waals surface area contributed by atoms with Gasteiger partial charge in [-0.15, -0.1) is 0 Å². The van der Waals surface area contributed by atoms with E-state index in [-0.39, 0.29) is 44.2 Å². The Bertz CT molecular complexity index is 897. The Kier molecular flexibility index (Phi) is 10.7. The minimum Gasteiger partial charge on any atom is -0.373 e.